The highest BCUT2D eigenvalue weighted by atomic mass is 32.2. The molecular weight excluding hydrogens is 226 g/mol. The van der Waals surface area contributed by atoms with Crippen LogP contribution in [0.1, 0.15) is 12.8 Å². The van der Waals surface area contributed by atoms with Gasteiger partial charge in [0, 0.05) is 12.6 Å². The molecule has 0 aliphatic carbocycles. The first-order valence-corrected chi connectivity index (χ1v) is 6.77. The second-order valence-electron chi connectivity index (χ2n) is 4.18. The molecule has 1 atom stereocenters. The van der Waals surface area contributed by atoms with Gasteiger partial charge in [-0.25, -0.2) is 0 Å². The van der Waals surface area contributed by atoms with Crippen LogP contribution in [0.25, 0.3) is 0 Å². The zero-order valence-electron chi connectivity index (χ0n) is 9.20. The molecule has 0 aromatic heterocycles. The third-order valence-electron chi connectivity index (χ3n) is 2.82. The van der Waals surface area contributed by atoms with E-state index in [0.29, 0.717) is 11.6 Å². The fourth-order valence-electron chi connectivity index (χ4n) is 1.96. The highest BCUT2D eigenvalue weighted by Crippen LogP contribution is 2.14. The lowest BCUT2D eigenvalue weighted by atomic mass is 10.1. The first-order valence-electron chi connectivity index (χ1n) is 5.61. The van der Waals surface area contributed by atoms with Crippen LogP contribution >= 0.6 is 11.8 Å². The number of rotatable bonds is 3. The summed E-state index contributed by atoms with van der Waals surface area (Å²) in [5.74, 6) is 1.19. The van der Waals surface area contributed by atoms with E-state index < -0.39 is 0 Å². The van der Waals surface area contributed by atoms with Crippen LogP contribution in [-0.4, -0.2) is 54.0 Å². The smallest absolute Gasteiger partial charge is 0.239 e. The van der Waals surface area contributed by atoms with E-state index in [9.17, 15) is 9.59 Å². The predicted octanol–water partition coefficient (Wildman–Crippen LogP) is -0.612. The van der Waals surface area contributed by atoms with Crippen LogP contribution in [0.5, 0.6) is 0 Å². The van der Waals surface area contributed by atoms with E-state index in [4.69, 9.17) is 0 Å². The van der Waals surface area contributed by atoms with Crippen LogP contribution in [-0.2, 0) is 9.59 Å². The van der Waals surface area contributed by atoms with Gasteiger partial charge in [0.15, 0.2) is 0 Å². The van der Waals surface area contributed by atoms with Crippen molar-refractivity contribution in [1.29, 1.82) is 0 Å². The Morgan fingerprint density at radius 2 is 2.50 bits per heavy atom. The zero-order valence-corrected chi connectivity index (χ0v) is 10.0. The number of hydrogen-bond donors (Lipinski definition) is 2. The topological polar surface area (TPSA) is 61.4 Å². The van der Waals surface area contributed by atoms with Crippen molar-refractivity contribution in [3.05, 3.63) is 0 Å². The number of amides is 2. The summed E-state index contributed by atoms with van der Waals surface area (Å²) < 4.78 is 0. The van der Waals surface area contributed by atoms with Crippen molar-refractivity contribution < 1.29 is 9.59 Å². The van der Waals surface area contributed by atoms with Crippen molar-refractivity contribution in [1.82, 2.24) is 15.5 Å². The molecule has 0 bridgehead atoms. The molecule has 2 fully saturated rings. The Hall–Kier alpha value is -0.750. The van der Waals surface area contributed by atoms with Gasteiger partial charge in [0.2, 0.25) is 11.8 Å². The van der Waals surface area contributed by atoms with Crippen LogP contribution < -0.4 is 10.6 Å². The lowest BCUT2D eigenvalue weighted by Gasteiger charge is -2.24. The molecule has 0 unspecified atom stereocenters. The number of hydrogen-bond acceptors (Lipinski definition) is 4. The molecule has 2 aliphatic heterocycles. The van der Waals surface area contributed by atoms with E-state index in [1.54, 1.807) is 16.7 Å². The van der Waals surface area contributed by atoms with Crippen molar-refractivity contribution in [3.63, 3.8) is 0 Å². The average molecular weight is 243 g/mol. The van der Waals surface area contributed by atoms with Gasteiger partial charge >= 0.3 is 0 Å². The van der Waals surface area contributed by atoms with Crippen LogP contribution in [0, 0.1) is 0 Å². The maximum absolute atomic E-state index is 11.7. The summed E-state index contributed by atoms with van der Waals surface area (Å²) in [6, 6.07) is 0.228. The van der Waals surface area contributed by atoms with Gasteiger partial charge in [-0.2, -0.15) is 0 Å². The minimum Gasteiger partial charge on any atom is -0.351 e. The number of nitrogens with one attached hydrogen (secondary N) is 2. The first-order chi connectivity index (χ1) is 7.75. The molecule has 16 heavy (non-hydrogen) atoms. The summed E-state index contributed by atoms with van der Waals surface area (Å²) in [6.45, 7) is 2.09. The van der Waals surface area contributed by atoms with Crippen molar-refractivity contribution in [3.8, 4) is 0 Å². The number of carbonyl (C=O) groups is 2. The van der Waals surface area contributed by atoms with E-state index in [-0.39, 0.29) is 24.4 Å². The molecular formula is C10H17N3O2S. The Labute approximate surface area is 99.3 Å². The molecule has 0 aromatic carbocycles. The summed E-state index contributed by atoms with van der Waals surface area (Å²) in [5, 5.41) is 6.20. The van der Waals surface area contributed by atoms with E-state index in [1.165, 1.54) is 0 Å². The largest absolute Gasteiger partial charge is 0.351 e. The number of nitrogens with zero attached hydrogens (tertiary/aromatic N) is 1. The summed E-state index contributed by atoms with van der Waals surface area (Å²) in [6.07, 6.45) is 2.13. The SMILES string of the molecule is O=C(CN1CSCC1=O)N[C@H]1CCCNC1. The molecule has 2 amide bonds. The molecule has 2 saturated heterocycles. The quantitative estimate of drug-likeness (QED) is 0.694. The molecule has 0 aromatic rings. The number of piperidine rings is 1. The predicted molar refractivity (Wildman–Crippen MR) is 63.1 cm³/mol. The third kappa shape index (κ3) is 3.12. The lowest BCUT2D eigenvalue weighted by molar-refractivity contribution is -0.132. The van der Waals surface area contributed by atoms with Gasteiger partial charge in [-0.15, -0.1) is 11.8 Å². The van der Waals surface area contributed by atoms with E-state index in [0.717, 1.165) is 25.9 Å². The summed E-state index contributed by atoms with van der Waals surface area (Å²) in [5.41, 5.74) is 0. The molecule has 2 aliphatic rings. The lowest BCUT2D eigenvalue weighted by Crippen LogP contribution is -2.48. The zero-order chi connectivity index (χ0) is 11.4. The molecule has 2 N–H and O–H groups in total. The molecule has 2 rings (SSSR count). The number of thioether (sulfide) groups is 1. The molecule has 2 heterocycles. The minimum atomic E-state index is -0.0375. The summed E-state index contributed by atoms with van der Waals surface area (Å²) >= 11 is 1.56. The molecule has 5 nitrogen and oxygen atoms in total. The van der Waals surface area contributed by atoms with Gasteiger partial charge in [0.25, 0.3) is 0 Å². The number of carbonyl (C=O) groups excluding carboxylic acids is 2. The van der Waals surface area contributed by atoms with Gasteiger partial charge in [-0.3, -0.25) is 9.59 Å². The first kappa shape index (κ1) is 11.7. The molecule has 0 saturated carbocycles. The molecule has 6 heteroatoms. The summed E-state index contributed by atoms with van der Waals surface area (Å²) in [7, 11) is 0. The van der Waals surface area contributed by atoms with Crippen LogP contribution in [0.3, 0.4) is 0 Å². The van der Waals surface area contributed by atoms with E-state index in [1.807, 2.05) is 0 Å². The Morgan fingerprint density at radius 1 is 1.62 bits per heavy atom. The van der Waals surface area contributed by atoms with Crippen LogP contribution in [0.15, 0.2) is 0 Å². The van der Waals surface area contributed by atoms with Crippen molar-refractivity contribution >= 4 is 23.6 Å². The van der Waals surface area contributed by atoms with Gasteiger partial charge in [-0.1, -0.05) is 0 Å². The van der Waals surface area contributed by atoms with E-state index >= 15 is 0 Å². The van der Waals surface area contributed by atoms with Crippen molar-refractivity contribution in [2.45, 2.75) is 18.9 Å². The van der Waals surface area contributed by atoms with Crippen molar-refractivity contribution in [2.24, 2.45) is 0 Å². The monoisotopic (exact) mass is 243 g/mol. The van der Waals surface area contributed by atoms with Gasteiger partial charge < -0.3 is 15.5 Å². The average Bonchev–Trinajstić information content (AvgIpc) is 2.66. The fraction of sp³-hybridized carbons (Fsp3) is 0.800. The fourth-order valence-corrected chi connectivity index (χ4v) is 2.87. The van der Waals surface area contributed by atoms with Gasteiger partial charge in [0.1, 0.15) is 6.54 Å². The van der Waals surface area contributed by atoms with Crippen molar-refractivity contribution in [2.75, 3.05) is 31.3 Å². The summed E-state index contributed by atoms with van der Waals surface area (Å²) in [4.78, 5) is 24.6. The maximum Gasteiger partial charge on any atom is 0.239 e. The normalized spacial score (nSPS) is 25.9. The Morgan fingerprint density at radius 3 is 3.12 bits per heavy atom. The third-order valence-corrected chi connectivity index (χ3v) is 3.77. The van der Waals surface area contributed by atoms with Gasteiger partial charge in [-0.05, 0) is 19.4 Å². The molecule has 90 valence electrons. The second kappa shape index (κ2) is 5.54. The van der Waals surface area contributed by atoms with Crippen LogP contribution in [0.2, 0.25) is 0 Å². The van der Waals surface area contributed by atoms with Crippen LogP contribution in [0.4, 0.5) is 0 Å². The minimum absolute atomic E-state index is 0.0375. The Kier molecular flexibility index (Phi) is 4.06. The molecule has 0 spiro atoms. The Balaban J connectivity index is 1.72. The standard InChI is InChI=1S/C10H17N3O2S/c14-9(5-13-7-16-6-10(13)15)12-8-2-1-3-11-4-8/h8,11H,1-7H2,(H,12,14)/t8-/m0/s1. The van der Waals surface area contributed by atoms with Gasteiger partial charge in [0.05, 0.1) is 11.6 Å². The highest BCUT2D eigenvalue weighted by Gasteiger charge is 2.24. The molecule has 0 radical (unpaired) electrons. The van der Waals surface area contributed by atoms with E-state index in [2.05, 4.69) is 10.6 Å². The maximum atomic E-state index is 11.7. The Bertz CT molecular complexity index is 279. The second-order valence-corrected chi connectivity index (χ2v) is 5.14. The highest BCUT2D eigenvalue weighted by molar-refractivity contribution is 8.00.